The maximum atomic E-state index is 12.8. The van der Waals surface area contributed by atoms with Crippen LogP contribution in [0.25, 0.3) is 0 Å². The van der Waals surface area contributed by atoms with E-state index in [9.17, 15) is 17.6 Å². The van der Waals surface area contributed by atoms with Gasteiger partial charge in [-0.15, -0.1) is 0 Å². The van der Waals surface area contributed by atoms with Crippen molar-refractivity contribution in [1.82, 2.24) is 14.5 Å². The van der Waals surface area contributed by atoms with Crippen molar-refractivity contribution in [3.05, 3.63) is 35.6 Å². The van der Waals surface area contributed by atoms with Crippen molar-refractivity contribution in [3.63, 3.8) is 0 Å². The number of benzene rings is 1. The Labute approximate surface area is 136 Å². The first-order valence-electron chi connectivity index (χ1n) is 7.48. The zero-order valence-electron chi connectivity index (χ0n) is 13.3. The molecule has 0 saturated carbocycles. The fourth-order valence-electron chi connectivity index (χ4n) is 2.53. The Hall–Kier alpha value is -1.51. The minimum absolute atomic E-state index is 0.123. The van der Waals surface area contributed by atoms with E-state index >= 15 is 0 Å². The first-order chi connectivity index (χ1) is 10.8. The van der Waals surface area contributed by atoms with E-state index in [1.807, 2.05) is 4.90 Å². The molecular weight excluding hydrogens is 321 g/mol. The van der Waals surface area contributed by atoms with E-state index in [4.69, 9.17) is 0 Å². The van der Waals surface area contributed by atoms with Crippen LogP contribution in [-0.4, -0.2) is 62.0 Å². The van der Waals surface area contributed by atoms with Crippen LogP contribution in [0, 0.1) is 5.82 Å². The molecule has 23 heavy (non-hydrogen) atoms. The van der Waals surface area contributed by atoms with E-state index in [1.54, 1.807) is 19.1 Å². The van der Waals surface area contributed by atoms with Gasteiger partial charge in [0.25, 0.3) is 0 Å². The van der Waals surface area contributed by atoms with Crippen LogP contribution in [0.2, 0.25) is 0 Å². The number of halogens is 1. The van der Waals surface area contributed by atoms with Gasteiger partial charge in [-0.1, -0.05) is 12.1 Å². The molecule has 0 aliphatic carbocycles. The third kappa shape index (κ3) is 4.98. The summed E-state index contributed by atoms with van der Waals surface area (Å²) in [5.41, 5.74) is 0.828. The van der Waals surface area contributed by atoms with Crippen molar-refractivity contribution in [2.45, 2.75) is 19.5 Å². The third-order valence-corrected chi connectivity index (χ3v) is 5.35. The molecule has 1 aromatic rings. The number of hydrogen-bond acceptors (Lipinski definition) is 4. The van der Waals surface area contributed by atoms with Gasteiger partial charge in [0.15, 0.2) is 0 Å². The summed E-state index contributed by atoms with van der Waals surface area (Å²) in [6.07, 6.45) is 1.20. The monoisotopic (exact) mass is 343 g/mol. The second-order valence-electron chi connectivity index (χ2n) is 5.72. The number of hydrogen-bond donors (Lipinski definition) is 1. The summed E-state index contributed by atoms with van der Waals surface area (Å²) >= 11 is 0. The number of piperazine rings is 1. The van der Waals surface area contributed by atoms with Gasteiger partial charge in [-0.2, -0.15) is 4.31 Å². The highest BCUT2D eigenvalue weighted by molar-refractivity contribution is 7.88. The minimum atomic E-state index is -3.17. The molecule has 2 rings (SSSR count). The van der Waals surface area contributed by atoms with E-state index in [2.05, 4.69) is 5.32 Å². The highest BCUT2D eigenvalue weighted by Crippen LogP contribution is 2.10. The van der Waals surface area contributed by atoms with Gasteiger partial charge in [0, 0.05) is 32.7 Å². The largest absolute Gasteiger partial charge is 0.351 e. The van der Waals surface area contributed by atoms with Crippen LogP contribution in [0.4, 0.5) is 4.39 Å². The molecule has 1 atom stereocenters. The number of rotatable bonds is 5. The van der Waals surface area contributed by atoms with Gasteiger partial charge in [0.2, 0.25) is 15.9 Å². The summed E-state index contributed by atoms with van der Waals surface area (Å²) in [6, 6.07) is 5.64. The Morgan fingerprint density at radius 1 is 1.22 bits per heavy atom. The van der Waals surface area contributed by atoms with Crippen molar-refractivity contribution in [2.75, 3.05) is 32.4 Å². The van der Waals surface area contributed by atoms with Crippen LogP contribution in [-0.2, 0) is 21.4 Å². The lowest BCUT2D eigenvalue weighted by molar-refractivity contribution is -0.126. The lowest BCUT2D eigenvalue weighted by atomic mass is 10.2. The molecule has 1 fully saturated rings. The molecule has 1 heterocycles. The molecule has 0 radical (unpaired) electrons. The normalized spacial score (nSPS) is 18.6. The number of carbonyl (C=O) groups excluding carboxylic acids is 1. The molecule has 1 N–H and O–H groups in total. The van der Waals surface area contributed by atoms with Gasteiger partial charge < -0.3 is 5.32 Å². The molecular formula is C15H22FN3O3S. The van der Waals surface area contributed by atoms with Crippen LogP contribution < -0.4 is 5.32 Å². The number of amides is 1. The van der Waals surface area contributed by atoms with Crippen LogP contribution >= 0.6 is 0 Å². The highest BCUT2D eigenvalue weighted by atomic mass is 32.2. The van der Waals surface area contributed by atoms with E-state index in [1.165, 1.54) is 22.7 Å². The molecule has 6 nitrogen and oxygen atoms in total. The van der Waals surface area contributed by atoms with Crippen LogP contribution in [0.15, 0.2) is 24.3 Å². The molecule has 0 bridgehead atoms. The average molecular weight is 343 g/mol. The number of nitrogens with zero attached hydrogens (tertiary/aromatic N) is 2. The predicted octanol–water partition coefficient (Wildman–Crippen LogP) is 0.408. The fourth-order valence-corrected chi connectivity index (χ4v) is 3.35. The average Bonchev–Trinajstić information content (AvgIpc) is 2.52. The van der Waals surface area contributed by atoms with Crippen molar-refractivity contribution in [2.24, 2.45) is 0 Å². The van der Waals surface area contributed by atoms with E-state index in [-0.39, 0.29) is 17.8 Å². The number of carbonyl (C=O) groups is 1. The molecule has 0 aromatic heterocycles. The lowest BCUT2D eigenvalue weighted by Gasteiger charge is -2.36. The lowest BCUT2D eigenvalue weighted by Crippen LogP contribution is -2.54. The van der Waals surface area contributed by atoms with Gasteiger partial charge >= 0.3 is 0 Å². The van der Waals surface area contributed by atoms with E-state index in [0.29, 0.717) is 32.7 Å². The smallest absolute Gasteiger partial charge is 0.237 e. The molecule has 1 aliphatic rings. The zero-order chi connectivity index (χ0) is 17.0. The van der Waals surface area contributed by atoms with Gasteiger partial charge in [-0.3, -0.25) is 9.69 Å². The van der Waals surface area contributed by atoms with Crippen LogP contribution in [0.3, 0.4) is 0 Å². The predicted molar refractivity (Wildman–Crippen MR) is 85.7 cm³/mol. The van der Waals surface area contributed by atoms with E-state index in [0.717, 1.165) is 5.56 Å². The van der Waals surface area contributed by atoms with Gasteiger partial charge in [-0.25, -0.2) is 12.8 Å². The molecule has 128 valence electrons. The Balaban J connectivity index is 1.82. The summed E-state index contributed by atoms with van der Waals surface area (Å²) in [6.45, 7) is 3.99. The Morgan fingerprint density at radius 3 is 2.30 bits per heavy atom. The summed E-state index contributed by atoms with van der Waals surface area (Å²) < 4.78 is 37.2. The van der Waals surface area contributed by atoms with E-state index < -0.39 is 10.0 Å². The van der Waals surface area contributed by atoms with Gasteiger partial charge in [0.1, 0.15) is 5.82 Å². The topological polar surface area (TPSA) is 69.7 Å². The minimum Gasteiger partial charge on any atom is -0.351 e. The summed E-state index contributed by atoms with van der Waals surface area (Å²) in [5, 5.41) is 2.82. The third-order valence-electron chi connectivity index (χ3n) is 4.05. The number of nitrogens with one attached hydrogen (secondary N) is 1. The maximum Gasteiger partial charge on any atom is 0.237 e. The molecule has 8 heteroatoms. The molecule has 1 aromatic carbocycles. The van der Waals surface area contributed by atoms with Crippen molar-refractivity contribution >= 4 is 15.9 Å². The molecule has 1 amide bonds. The first-order valence-corrected chi connectivity index (χ1v) is 9.33. The molecule has 1 unspecified atom stereocenters. The fraction of sp³-hybridized carbons (Fsp3) is 0.533. The summed E-state index contributed by atoms with van der Waals surface area (Å²) in [4.78, 5) is 14.2. The summed E-state index contributed by atoms with van der Waals surface area (Å²) in [7, 11) is -3.17. The quantitative estimate of drug-likeness (QED) is 0.841. The second kappa shape index (κ2) is 7.37. The highest BCUT2D eigenvalue weighted by Gasteiger charge is 2.28. The zero-order valence-corrected chi connectivity index (χ0v) is 14.1. The number of sulfonamides is 1. The Morgan fingerprint density at radius 2 is 1.78 bits per heavy atom. The summed E-state index contributed by atoms with van der Waals surface area (Å²) in [5.74, 6) is -0.431. The molecule has 0 spiro atoms. The second-order valence-corrected chi connectivity index (χ2v) is 7.70. The van der Waals surface area contributed by atoms with Crippen LogP contribution in [0.1, 0.15) is 12.5 Å². The SMILES string of the molecule is CC(C(=O)NCc1ccc(F)cc1)N1CCN(S(C)(=O)=O)CC1. The first kappa shape index (κ1) is 17.8. The Bertz CT molecular complexity index is 640. The van der Waals surface area contributed by atoms with Crippen LogP contribution in [0.5, 0.6) is 0 Å². The van der Waals surface area contributed by atoms with Crippen molar-refractivity contribution in [1.29, 1.82) is 0 Å². The van der Waals surface area contributed by atoms with Crippen molar-refractivity contribution < 1.29 is 17.6 Å². The van der Waals surface area contributed by atoms with Gasteiger partial charge in [0.05, 0.1) is 12.3 Å². The Kier molecular flexibility index (Phi) is 5.72. The standard InChI is InChI=1S/C15H22FN3O3S/c1-12(18-7-9-19(10-8-18)23(2,21)22)15(20)17-11-13-3-5-14(16)6-4-13/h3-6,12H,7-11H2,1-2H3,(H,17,20). The maximum absolute atomic E-state index is 12.8. The van der Waals surface area contributed by atoms with Crippen molar-refractivity contribution in [3.8, 4) is 0 Å². The molecule has 1 aliphatic heterocycles. The molecule has 1 saturated heterocycles. The van der Waals surface area contributed by atoms with Gasteiger partial charge in [-0.05, 0) is 24.6 Å².